The van der Waals surface area contributed by atoms with Crippen LogP contribution in [0, 0.1) is 20.8 Å². The molecule has 0 fully saturated rings. The Hall–Kier alpha value is -3.06. The number of aryl methyl sites for hydroxylation is 4. The van der Waals surface area contributed by atoms with Crippen molar-refractivity contribution >= 4 is 33.3 Å². The maximum atomic E-state index is 13.0. The van der Waals surface area contributed by atoms with Crippen LogP contribution in [0.1, 0.15) is 26.6 Å². The summed E-state index contributed by atoms with van der Waals surface area (Å²) < 4.78 is 1.75. The van der Waals surface area contributed by atoms with Gasteiger partial charge in [-0.2, -0.15) is 5.10 Å². The number of anilines is 1. The van der Waals surface area contributed by atoms with Crippen molar-refractivity contribution in [1.82, 2.24) is 19.7 Å². The topological polar surface area (TPSA) is 72.7 Å². The number of nitrogens with zero attached hydrogens (tertiary/aromatic N) is 4. The number of amides is 1. The van der Waals surface area contributed by atoms with E-state index in [2.05, 4.69) is 15.4 Å². The lowest BCUT2D eigenvalue weighted by Gasteiger charge is -2.09. The third-order valence-corrected chi connectivity index (χ3v) is 5.49. The van der Waals surface area contributed by atoms with Crippen molar-refractivity contribution in [2.24, 2.45) is 7.05 Å². The molecule has 4 rings (SSSR count). The standard InChI is InChI=1S/C20H19N5OS/c1-11-13(3)27-20(21-11)23-19(26)15-9-18(16-10-25(4)24-12(16)2)22-17-8-6-5-7-14(15)17/h5-10H,1-4H3,(H,21,23,26). The van der Waals surface area contributed by atoms with Gasteiger partial charge in [0.1, 0.15) is 0 Å². The zero-order valence-corrected chi connectivity index (χ0v) is 16.4. The summed E-state index contributed by atoms with van der Waals surface area (Å²) in [7, 11) is 1.87. The molecule has 1 amide bonds. The molecule has 0 saturated carbocycles. The summed E-state index contributed by atoms with van der Waals surface area (Å²) in [5.74, 6) is -0.190. The van der Waals surface area contributed by atoms with E-state index in [0.717, 1.165) is 38.4 Å². The van der Waals surface area contributed by atoms with E-state index in [0.29, 0.717) is 10.7 Å². The summed E-state index contributed by atoms with van der Waals surface area (Å²) in [5.41, 5.74) is 4.80. The van der Waals surface area contributed by atoms with Crippen LogP contribution in [-0.2, 0) is 7.05 Å². The van der Waals surface area contributed by atoms with E-state index < -0.39 is 0 Å². The van der Waals surface area contributed by atoms with E-state index in [-0.39, 0.29) is 5.91 Å². The molecule has 0 bridgehead atoms. The van der Waals surface area contributed by atoms with Gasteiger partial charge in [0.05, 0.1) is 28.2 Å². The molecular weight excluding hydrogens is 358 g/mol. The van der Waals surface area contributed by atoms with Crippen LogP contribution in [-0.4, -0.2) is 25.7 Å². The lowest BCUT2D eigenvalue weighted by molar-refractivity contribution is 0.102. The predicted molar refractivity (Wildman–Crippen MR) is 108 cm³/mol. The van der Waals surface area contributed by atoms with Crippen molar-refractivity contribution in [1.29, 1.82) is 0 Å². The molecule has 0 aliphatic heterocycles. The number of aromatic nitrogens is 4. The van der Waals surface area contributed by atoms with Gasteiger partial charge in [-0.25, -0.2) is 9.97 Å². The Labute approximate surface area is 160 Å². The van der Waals surface area contributed by atoms with E-state index in [1.807, 2.05) is 64.3 Å². The van der Waals surface area contributed by atoms with E-state index >= 15 is 0 Å². The van der Waals surface area contributed by atoms with Gasteiger partial charge in [0.25, 0.3) is 5.91 Å². The van der Waals surface area contributed by atoms with Gasteiger partial charge >= 0.3 is 0 Å². The van der Waals surface area contributed by atoms with Crippen molar-refractivity contribution < 1.29 is 4.79 Å². The quantitative estimate of drug-likeness (QED) is 0.579. The Bertz CT molecular complexity index is 1160. The third kappa shape index (κ3) is 3.21. The van der Waals surface area contributed by atoms with Crippen LogP contribution in [0.4, 0.5) is 5.13 Å². The number of hydrogen-bond acceptors (Lipinski definition) is 5. The van der Waals surface area contributed by atoms with Gasteiger partial charge in [0, 0.05) is 29.1 Å². The predicted octanol–water partition coefficient (Wildman–Crippen LogP) is 4.27. The first-order valence-corrected chi connectivity index (χ1v) is 9.40. The van der Waals surface area contributed by atoms with Gasteiger partial charge in [-0.3, -0.25) is 14.8 Å². The van der Waals surface area contributed by atoms with E-state index in [4.69, 9.17) is 4.98 Å². The Morgan fingerprint density at radius 1 is 1.11 bits per heavy atom. The normalized spacial score (nSPS) is 11.1. The molecule has 27 heavy (non-hydrogen) atoms. The Morgan fingerprint density at radius 3 is 2.56 bits per heavy atom. The Balaban J connectivity index is 1.83. The van der Waals surface area contributed by atoms with Crippen LogP contribution in [0.5, 0.6) is 0 Å². The number of fused-ring (bicyclic) bond motifs is 1. The number of carbonyl (C=O) groups is 1. The highest BCUT2D eigenvalue weighted by atomic mass is 32.1. The molecule has 4 aromatic rings. The summed E-state index contributed by atoms with van der Waals surface area (Å²) in [6, 6.07) is 9.49. The molecule has 6 nitrogen and oxygen atoms in total. The molecule has 0 aliphatic rings. The Kier molecular flexibility index (Phi) is 4.24. The van der Waals surface area contributed by atoms with Crippen molar-refractivity contribution in [2.75, 3.05) is 5.32 Å². The highest BCUT2D eigenvalue weighted by Crippen LogP contribution is 2.28. The van der Waals surface area contributed by atoms with Gasteiger partial charge < -0.3 is 0 Å². The third-order valence-electron chi connectivity index (χ3n) is 4.50. The molecular formula is C20H19N5OS. The summed E-state index contributed by atoms with van der Waals surface area (Å²) in [5, 5.41) is 8.74. The molecule has 0 spiro atoms. The van der Waals surface area contributed by atoms with E-state index in [1.165, 1.54) is 11.3 Å². The molecule has 0 unspecified atom stereocenters. The molecule has 136 valence electrons. The van der Waals surface area contributed by atoms with Gasteiger partial charge in [-0.1, -0.05) is 18.2 Å². The van der Waals surface area contributed by atoms with Crippen molar-refractivity contribution in [3.63, 3.8) is 0 Å². The van der Waals surface area contributed by atoms with Gasteiger partial charge in [0.2, 0.25) is 0 Å². The average Bonchev–Trinajstić information content (AvgIpc) is 3.14. The molecule has 0 saturated heterocycles. The van der Waals surface area contributed by atoms with Gasteiger partial charge in [-0.15, -0.1) is 11.3 Å². The number of rotatable bonds is 3. The molecule has 1 aromatic carbocycles. The fourth-order valence-corrected chi connectivity index (χ4v) is 3.85. The SMILES string of the molecule is Cc1nn(C)cc1-c1cc(C(=O)Nc2nc(C)c(C)s2)c2ccccc2n1. The highest BCUT2D eigenvalue weighted by molar-refractivity contribution is 7.15. The van der Waals surface area contributed by atoms with Crippen LogP contribution in [0.15, 0.2) is 36.5 Å². The molecule has 1 N–H and O–H groups in total. The van der Waals surface area contributed by atoms with Crippen molar-refractivity contribution in [3.05, 3.63) is 58.4 Å². The van der Waals surface area contributed by atoms with Crippen LogP contribution in [0.2, 0.25) is 0 Å². The minimum Gasteiger partial charge on any atom is -0.298 e. The van der Waals surface area contributed by atoms with Crippen LogP contribution in [0.3, 0.4) is 0 Å². The molecule has 3 aromatic heterocycles. The van der Waals surface area contributed by atoms with Gasteiger partial charge in [0.15, 0.2) is 5.13 Å². The minimum atomic E-state index is -0.190. The molecule has 0 radical (unpaired) electrons. The fraction of sp³-hybridized carbons (Fsp3) is 0.200. The molecule has 7 heteroatoms. The number of carbonyl (C=O) groups excluding carboxylic acids is 1. The van der Waals surface area contributed by atoms with E-state index in [9.17, 15) is 4.79 Å². The zero-order chi connectivity index (χ0) is 19.1. The highest BCUT2D eigenvalue weighted by Gasteiger charge is 2.17. The van der Waals surface area contributed by atoms with Crippen molar-refractivity contribution in [2.45, 2.75) is 20.8 Å². The van der Waals surface area contributed by atoms with Crippen molar-refractivity contribution in [3.8, 4) is 11.3 Å². The first-order valence-electron chi connectivity index (χ1n) is 8.58. The number of hydrogen-bond donors (Lipinski definition) is 1. The number of nitrogens with one attached hydrogen (secondary N) is 1. The van der Waals surface area contributed by atoms with Crippen LogP contribution in [0.25, 0.3) is 22.2 Å². The monoisotopic (exact) mass is 377 g/mol. The summed E-state index contributed by atoms with van der Waals surface area (Å²) in [6.07, 6.45) is 1.92. The molecule has 0 atom stereocenters. The summed E-state index contributed by atoms with van der Waals surface area (Å²) >= 11 is 1.48. The van der Waals surface area contributed by atoms with Crippen LogP contribution >= 0.6 is 11.3 Å². The molecule has 0 aliphatic carbocycles. The van der Waals surface area contributed by atoms with E-state index in [1.54, 1.807) is 4.68 Å². The van der Waals surface area contributed by atoms with Crippen LogP contribution < -0.4 is 5.32 Å². The summed E-state index contributed by atoms with van der Waals surface area (Å²) in [4.78, 5) is 23.3. The maximum Gasteiger partial charge on any atom is 0.258 e. The molecule has 3 heterocycles. The van der Waals surface area contributed by atoms with Gasteiger partial charge in [-0.05, 0) is 32.9 Å². The number of pyridine rings is 1. The zero-order valence-electron chi connectivity index (χ0n) is 15.6. The Morgan fingerprint density at radius 2 is 1.89 bits per heavy atom. The first-order chi connectivity index (χ1) is 12.9. The largest absolute Gasteiger partial charge is 0.298 e. The summed E-state index contributed by atoms with van der Waals surface area (Å²) in [6.45, 7) is 5.87. The lowest BCUT2D eigenvalue weighted by atomic mass is 10.0. The fourth-order valence-electron chi connectivity index (χ4n) is 3.04. The number of para-hydroxylation sites is 1. The second kappa shape index (κ2) is 6.59. The first kappa shape index (κ1) is 17.4. The smallest absolute Gasteiger partial charge is 0.258 e. The maximum absolute atomic E-state index is 13.0. The second-order valence-electron chi connectivity index (χ2n) is 6.49. The lowest BCUT2D eigenvalue weighted by Crippen LogP contribution is -2.13. The number of benzene rings is 1. The minimum absolute atomic E-state index is 0.190. The number of thiazole rings is 1. The average molecular weight is 377 g/mol. The second-order valence-corrected chi connectivity index (χ2v) is 7.69.